The summed E-state index contributed by atoms with van der Waals surface area (Å²) >= 11 is 0. The first-order valence-corrected chi connectivity index (χ1v) is 7.77. The van der Waals surface area contributed by atoms with E-state index in [2.05, 4.69) is 37.8 Å². The van der Waals surface area contributed by atoms with Gasteiger partial charge in [-0.2, -0.15) is 0 Å². The molecule has 116 valence electrons. The second-order valence-corrected chi connectivity index (χ2v) is 5.68. The van der Waals surface area contributed by atoms with E-state index in [9.17, 15) is 4.79 Å². The molecule has 1 rings (SSSR count). The number of unbranched alkanes of at least 4 members (excludes halogenated alkanes) is 2. The molecule has 0 aliphatic heterocycles. The van der Waals surface area contributed by atoms with Gasteiger partial charge in [-0.15, -0.1) is 0 Å². The van der Waals surface area contributed by atoms with Gasteiger partial charge in [0.2, 0.25) is 0 Å². The predicted molar refractivity (Wildman–Crippen MR) is 88.2 cm³/mol. The zero-order valence-corrected chi connectivity index (χ0v) is 13.4. The summed E-state index contributed by atoms with van der Waals surface area (Å²) in [6, 6.07) is 8.64. The number of carbonyl (C=O) groups is 1. The highest BCUT2D eigenvalue weighted by atomic mass is 16.4. The number of carboxylic acid groups (broad SMARTS) is 1. The molecular formula is C18H27NO2. The highest BCUT2D eigenvalue weighted by Crippen LogP contribution is 2.12. The van der Waals surface area contributed by atoms with Crippen LogP contribution in [-0.2, 0) is 11.3 Å². The molecule has 0 heterocycles. The summed E-state index contributed by atoms with van der Waals surface area (Å²) in [5.41, 5.74) is 2.19. The number of nitrogens with zero attached hydrogens (tertiary/aromatic N) is 1. The highest BCUT2D eigenvalue weighted by molar-refractivity contribution is 5.85. The predicted octanol–water partition coefficient (Wildman–Crippen LogP) is 4.19. The minimum atomic E-state index is -0.916. The van der Waals surface area contributed by atoms with Gasteiger partial charge in [-0.25, -0.2) is 4.79 Å². The SMILES string of the molecule is CCCCCN(Cc1ccc(C=CC(=O)O)cc1)C(C)C. The zero-order valence-electron chi connectivity index (χ0n) is 13.4. The summed E-state index contributed by atoms with van der Waals surface area (Å²) in [4.78, 5) is 13.0. The molecule has 0 aromatic heterocycles. The van der Waals surface area contributed by atoms with E-state index in [-0.39, 0.29) is 0 Å². The first-order valence-electron chi connectivity index (χ1n) is 7.77. The van der Waals surface area contributed by atoms with Crippen molar-refractivity contribution in [1.82, 2.24) is 4.90 Å². The van der Waals surface area contributed by atoms with Crippen LogP contribution in [0.25, 0.3) is 6.08 Å². The van der Waals surface area contributed by atoms with Crippen molar-refractivity contribution in [2.24, 2.45) is 0 Å². The van der Waals surface area contributed by atoms with Crippen LogP contribution in [0.5, 0.6) is 0 Å². The van der Waals surface area contributed by atoms with Crippen molar-refractivity contribution in [2.45, 2.75) is 52.6 Å². The Hall–Kier alpha value is -1.61. The van der Waals surface area contributed by atoms with Crippen molar-refractivity contribution in [3.63, 3.8) is 0 Å². The van der Waals surface area contributed by atoms with Crippen LogP contribution in [0.2, 0.25) is 0 Å². The van der Waals surface area contributed by atoms with E-state index in [1.165, 1.54) is 30.9 Å². The van der Waals surface area contributed by atoms with Gasteiger partial charge in [0.15, 0.2) is 0 Å². The highest BCUT2D eigenvalue weighted by Gasteiger charge is 2.09. The van der Waals surface area contributed by atoms with Crippen LogP contribution in [0.4, 0.5) is 0 Å². The lowest BCUT2D eigenvalue weighted by atomic mass is 10.1. The first kappa shape index (κ1) is 17.4. The van der Waals surface area contributed by atoms with Crippen LogP contribution < -0.4 is 0 Å². The average molecular weight is 289 g/mol. The molecule has 0 radical (unpaired) electrons. The molecule has 1 aromatic rings. The fraction of sp³-hybridized carbons (Fsp3) is 0.500. The Balaban J connectivity index is 2.61. The second-order valence-electron chi connectivity index (χ2n) is 5.68. The number of aliphatic carboxylic acids is 1. The second kappa shape index (κ2) is 9.35. The molecule has 3 heteroatoms. The van der Waals surface area contributed by atoms with Crippen LogP contribution in [0.15, 0.2) is 30.3 Å². The van der Waals surface area contributed by atoms with Crippen LogP contribution in [0, 0.1) is 0 Å². The number of hydrogen-bond donors (Lipinski definition) is 1. The van der Waals surface area contributed by atoms with Gasteiger partial charge >= 0.3 is 5.97 Å². The molecule has 0 saturated carbocycles. The summed E-state index contributed by atoms with van der Waals surface area (Å²) in [7, 11) is 0. The average Bonchev–Trinajstić information content (AvgIpc) is 2.45. The Morgan fingerprint density at radius 1 is 1.24 bits per heavy atom. The molecule has 0 aliphatic rings. The maximum absolute atomic E-state index is 10.5. The molecule has 3 nitrogen and oxygen atoms in total. The third kappa shape index (κ3) is 7.09. The van der Waals surface area contributed by atoms with E-state index in [1.807, 2.05) is 12.1 Å². The molecule has 21 heavy (non-hydrogen) atoms. The Morgan fingerprint density at radius 3 is 2.43 bits per heavy atom. The Morgan fingerprint density at radius 2 is 1.90 bits per heavy atom. The summed E-state index contributed by atoms with van der Waals surface area (Å²) in [6.45, 7) is 8.77. The zero-order chi connectivity index (χ0) is 15.7. The van der Waals surface area contributed by atoms with Crippen molar-refractivity contribution in [2.75, 3.05) is 6.54 Å². The van der Waals surface area contributed by atoms with E-state index in [4.69, 9.17) is 5.11 Å². The molecule has 0 saturated heterocycles. The third-order valence-corrected chi connectivity index (χ3v) is 3.56. The lowest BCUT2D eigenvalue weighted by Crippen LogP contribution is -2.31. The van der Waals surface area contributed by atoms with E-state index < -0.39 is 5.97 Å². The number of carboxylic acids is 1. The van der Waals surface area contributed by atoms with Crippen molar-refractivity contribution in [1.29, 1.82) is 0 Å². The van der Waals surface area contributed by atoms with Gasteiger partial charge in [0.1, 0.15) is 0 Å². The van der Waals surface area contributed by atoms with Gasteiger partial charge in [-0.1, -0.05) is 44.0 Å². The molecule has 0 aliphatic carbocycles. The summed E-state index contributed by atoms with van der Waals surface area (Å²) in [5.74, 6) is -0.916. The van der Waals surface area contributed by atoms with Crippen LogP contribution in [0.1, 0.15) is 51.2 Å². The van der Waals surface area contributed by atoms with E-state index in [0.29, 0.717) is 6.04 Å². The normalized spacial score (nSPS) is 11.7. The Labute approximate surface area is 128 Å². The van der Waals surface area contributed by atoms with Crippen molar-refractivity contribution in [3.05, 3.63) is 41.5 Å². The maximum Gasteiger partial charge on any atom is 0.328 e. The van der Waals surface area contributed by atoms with Gasteiger partial charge in [-0.3, -0.25) is 4.90 Å². The third-order valence-electron chi connectivity index (χ3n) is 3.56. The van der Waals surface area contributed by atoms with E-state index in [0.717, 1.165) is 18.7 Å². The quantitative estimate of drug-likeness (QED) is 0.547. The smallest absolute Gasteiger partial charge is 0.328 e. The Bertz CT molecular complexity index is 449. The summed E-state index contributed by atoms with van der Waals surface area (Å²) < 4.78 is 0. The van der Waals surface area contributed by atoms with Crippen LogP contribution >= 0.6 is 0 Å². The number of benzene rings is 1. The molecule has 1 N–H and O–H groups in total. The Kier molecular flexibility index (Phi) is 7.76. The van der Waals surface area contributed by atoms with E-state index in [1.54, 1.807) is 6.08 Å². The largest absolute Gasteiger partial charge is 0.478 e. The molecule has 0 fully saturated rings. The maximum atomic E-state index is 10.5. The molecule has 0 atom stereocenters. The minimum Gasteiger partial charge on any atom is -0.478 e. The van der Waals surface area contributed by atoms with E-state index >= 15 is 0 Å². The molecule has 0 bridgehead atoms. The lowest BCUT2D eigenvalue weighted by molar-refractivity contribution is -0.131. The number of hydrogen-bond acceptors (Lipinski definition) is 2. The monoisotopic (exact) mass is 289 g/mol. The van der Waals surface area contributed by atoms with Crippen molar-refractivity contribution in [3.8, 4) is 0 Å². The minimum absolute atomic E-state index is 0.536. The van der Waals surface area contributed by atoms with Gasteiger partial charge in [0.05, 0.1) is 0 Å². The number of rotatable bonds is 9. The summed E-state index contributed by atoms with van der Waals surface area (Å²) in [5, 5.41) is 8.62. The van der Waals surface area contributed by atoms with Crippen molar-refractivity contribution >= 4 is 12.0 Å². The van der Waals surface area contributed by atoms with Gasteiger partial charge < -0.3 is 5.11 Å². The molecular weight excluding hydrogens is 262 g/mol. The van der Waals surface area contributed by atoms with Crippen LogP contribution in [0.3, 0.4) is 0 Å². The fourth-order valence-corrected chi connectivity index (χ4v) is 2.22. The standard InChI is InChI=1S/C18H27NO2/c1-4-5-6-13-19(15(2)3)14-17-9-7-16(8-10-17)11-12-18(20)21/h7-12,15H,4-6,13-14H2,1-3H3,(H,20,21). The topological polar surface area (TPSA) is 40.5 Å². The fourth-order valence-electron chi connectivity index (χ4n) is 2.22. The van der Waals surface area contributed by atoms with Crippen LogP contribution in [-0.4, -0.2) is 28.6 Å². The molecule has 0 unspecified atom stereocenters. The van der Waals surface area contributed by atoms with Gasteiger partial charge in [0, 0.05) is 18.7 Å². The van der Waals surface area contributed by atoms with Crippen molar-refractivity contribution < 1.29 is 9.90 Å². The molecule has 1 aromatic carbocycles. The lowest BCUT2D eigenvalue weighted by Gasteiger charge is -2.26. The molecule has 0 spiro atoms. The van der Waals surface area contributed by atoms with Gasteiger partial charge in [0.25, 0.3) is 0 Å². The molecule has 0 amide bonds. The van der Waals surface area contributed by atoms with Gasteiger partial charge in [-0.05, 0) is 44.0 Å². The summed E-state index contributed by atoms with van der Waals surface area (Å²) in [6.07, 6.45) is 6.56. The first-order chi connectivity index (χ1) is 10.0.